The molecule has 106 valence electrons. The summed E-state index contributed by atoms with van der Waals surface area (Å²) >= 11 is 5.67. The summed E-state index contributed by atoms with van der Waals surface area (Å²) in [6.07, 6.45) is 1.43. The van der Waals surface area contributed by atoms with Gasteiger partial charge in [-0.25, -0.2) is 9.18 Å². The molecule has 0 fully saturated rings. The third-order valence-electron chi connectivity index (χ3n) is 2.94. The Morgan fingerprint density at radius 1 is 1.30 bits per heavy atom. The average Bonchev–Trinajstić information content (AvgIpc) is 2.43. The lowest BCUT2D eigenvalue weighted by molar-refractivity contribution is 0.629. The van der Waals surface area contributed by atoms with Crippen molar-refractivity contribution >= 4 is 17.3 Å². The molecule has 0 unspecified atom stereocenters. The van der Waals surface area contributed by atoms with Gasteiger partial charge in [0.15, 0.2) is 5.82 Å². The number of benzene rings is 1. The Kier molecular flexibility index (Phi) is 3.94. The molecule has 0 atom stereocenters. The molecule has 0 saturated carbocycles. The van der Waals surface area contributed by atoms with E-state index in [0.29, 0.717) is 5.56 Å². The van der Waals surface area contributed by atoms with E-state index in [1.54, 1.807) is 13.1 Å². The predicted molar refractivity (Wildman–Crippen MR) is 75.7 cm³/mol. The van der Waals surface area contributed by atoms with Crippen molar-refractivity contribution in [3.05, 3.63) is 61.6 Å². The second kappa shape index (κ2) is 5.50. The Morgan fingerprint density at radius 3 is 2.70 bits per heavy atom. The zero-order valence-corrected chi connectivity index (χ0v) is 11.7. The molecule has 1 heterocycles. The van der Waals surface area contributed by atoms with E-state index in [1.165, 1.54) is 29.9 Å². The number of hydrogen-bond acceptors (Lipinski definition) is 3. The monoisotopic (exact) mass is 297 g/mol. The molecule has 5 nitrogen and oxygen atoms in total. The molecule has 2 rings (SSSR count). The zero-order chi connectivity index (χ0) is 14.9. The van der Waals surface area contributed by atoms with Gasteiger partial charge in [0, 0.05) is 26.8 Å². The van der Waals surface area contributed by atoms with Crippen molar-refractivity contribution in [3.8, 4) is 0 Å². The minimum absolute atomic E-state index is 0.00311. The molecule has 1 N–H and O–H groups in total. The molecule has 0 amide bonds. The molecule has 1 aromatic carbocycles. The van der Waals surface area contributed by atoms with Crippen LogP contribution in [-0.2, 0) is 20.6 Å². The van der Waals surface area contributed by atoms with Gasteiger partial charge in [-0.2, -0.15) is 0 Å². The summed E-state index contributed by atoms with van der Waals surface area (Å²) in [5.74, 6) is -0.573. The van der Waals surface area contributed by atoms with Gasteiger partial charge >= 0.3 is 5.69 Å². The lowest BCUT2D eigenvalue weighted by Gasteiger charge is -2.10. The Labute approximate surface area is 119 Å². The fraction of sp³-hybridized carbons (Fsp3) is 0.231. The first-order valence-corrected chi connectivity index (χ1v) is 6.23. The summed E-state index contributed by atoms with van der Waals surface area (Å²) in [6.45, 7) is 0.0953. The molecule has 1 aromatic heterocycles. The van der Waals surface area contributed by atoms with Crippen LogP contribution in [0.1, 0.15) is 5.56 Å². The molecule has 0 aliphatic carbocycles. The molecule has 2 aromatic rings. The van der Waals surface area contributed by atoms with Gasteiger partial charge in [0.1, 0.15) is 0 Å². The molecule has 0 saturated heterocycles. The van der Waals surface area contributed by atoms with Gasteiger partial charge in [-0.05, 0) is 12.1 Å². The summed E-state index contributed by atoms with van der Waals surface area (Å²) in [5.41, 5.74) is -0.266. The smallest absolute Gasteiger partial charge is 0.330 e. The molecule has 20 heavy (non-hydrogen) atoms. The molecular weight excluding hydrogens is 285 g/mol. The van der Waals surface area contributed by atoms with Crippen molar-refractivity contribution < 1.29 is 4.39 Å². The molecule has 7 heteroatoms. The minimum Gasteiger partial charge on any atom is -0.378 e. The topological polar surface area (TPSA) is 56.0 Å². The predicted octanol–water partition coefficient (Wildman–Crippen LogP) is 1.49. The van der Waals surface area contributed by atoms with E-state index in [9.17, 15) is 14.0 Å². The van der Waals surface area contributed by atoms with Crippen molar-refractivity contribution in [1.29, 1.82) is 0 Å². The molecular formula is C13H13ClFN3O2. The number of aromatic nitrogens is 2. The lowest BCUT2D eigenvalue weighted by atomic mass is 10.2. The Morgan fingerprint density at radius 2 is 2.00 bits per heavy atom. The largest absolute Gasteiger partial charge is 0.378 e. The standard InChI is InChI=1S/C13H13ClFN3O2/c1-17-7-8(12(19)18(2)13(17)20)6-16-10-5-3-4-9(14)11(10)15/h3-5,7,16H,6H2,1-2H3. The Hall–Kier alpha value is -2.08. The highest BCUT2D eigenvalue weighted by molar-refractivity contribution is 6.31. The van der Waals surface area contributed by atoms with Crippen molar-refractivity contribution in [2.75, 3.05) is 5.32 Å². The number of nitrogens with one attached hydrogen (secondary N) is 1. The van der Waals surface area contributed by atoms with E-state index >= 15 is 0 Å². The first-order valence-electron chi connectivity index (χ1n) is 5.85. The van der Waals surface area contributed by atoms with Crippen molar-refractivity contribution in [1.82, 2.24) is 9.13 Å². The first-order chi connectivity index (χ1) is 9.41. The summed E-state index contributed by atoms with van der Waals surface area (Å²) in [7, 11) is 2.94. The Bertz CT molecular complexity index is 767. The van der Waals surface area contributed by atoms with Gasteiger partial charge < -0.3 is 9.88 Å². The van der Waals surface area contributed by atoms with Gasteiger partial charge in [0.25, 0.3) is 5.56 Å². The summed E-state index contributed by atoms with van der Waals surface area (Å²) in [5, 5.41) is 2.80. The summed E-state index contributed by atoms with van der Waals surface area (Å²) in [6, 6.07) is 4.56. The molecule has 0 radical (unpaired) electrons. The normalized spacial score (nSPS) is 10.6. The molecule has 0 aliphatic heterocycles. The summed E-state index contributed by atoms with van der Waals surface area (Å²) < 4.78 is 16.0. The minimum atomic E-state index is -0.573. The third kappa shape index (κ3) is 2.60. The zero-order valence-electron chi connectivity index (χ0n) is 11.0. The number of rotatable bonds is 3. The molecule has 0 aliphatic rings. The summed E-state index contributed by atoms with van der Waals surface area (Å²) in [4.78, 5) is 23.4. The van der Waals surface area contributed by atoms with E-state index in [1.807, 2.05) is 0 Å². The van der Waals surface area contributed by atoms with E-state index in [-0.39, 0.29) is 17.3 Å². The van der Waals surface area contributed by atoms with Crippen LogP contribution >= 0.6 is 11.6 Å². The maximum atomic E-state index is 13.7. The number of aryl methyl sites for hydroxylation is 1. The van der Waals surface area contributed by atoms with E-state index in [2.05, 4.69) is 5.32 Å². The van der Waals surface area contributed by atoms with E-state index in [4.69, 9.17) is 11.6 Å². The SMILES string of the molecule is Cn1cc(CNc2cccc(Cl)c2F)c(=O)n(C)c1=O. The Balaban J connectivity index is 2.31. The van der Waals surface area contributed by atoms with E-state index < -0.39 is 17.1 Å². The lowest BCUT2D eigenvalue weighted by Crippen LogP contribution is -2.38. The van der Waals surface area contributed by atoms with Gasteiger partial charge in [-0.3, -0.25) is 9.36 Å². The van der Waals surface area contributed by atoms with Crippen LogP contribution in [0.2, 0.25) is 5.02 Å². The molecule has 0 bridgehead atoms. The number of hydrogen-bond donors (Lipinski definition) is 1. The van der Waals surface area contributed by atoms with Crippen LogP contribution in [0, 0.1) is 5.82 Å². The van der Waals surface area contributed by atoms with Gasteiger partial charge in [0.2, 0.25) is 0 Å². The van der Waals surface area contributed by atoms with Crippen LogP contribution in [-0.4, -0.2) is 9.13 Å². The number of nitrogens with zero attached hydrogens (tertiary/aromatic N) is 2. The van der Waals surface area contributed by atoms with Crippen LogP contribution in [0.3, 0.4) is 0 Å². The number of anilines is 1. The van der Waals surface area contributed by atoms with Gasteiger partial charge in [-0.1, -0.05) is 17.7 Å². The quantitative estimate of drug-likeness (QED) is 0.934. The van der Waals surface area contributed by atoms with Gasteiger partial charge in [0.05, 0.1) is 16.3 Å². The second-order valence-electron chi connectivity index (χ2n) is 4.37. The van der Waals surface area contributed by atoms with Crippen LogP contribution in [0.15, 0.2) is 34.0 Å². The van der Waals surface area contributed by atoms with Crippen LogP contribution in [0.4, 0.5) is 10.1 Å². The van der Waals surface area contributed by atoms with Crippen molar-refractivity contribution in [2.24, 2.45) is 14.1 Å². The fourth-order valence-corrected chi connectivity index (χ4v) is 2.01. The average molecular weight is 298 g/mol. The first kappa shape index (κ1) is 14.3. The number of halogens is 2. The van der Waals surface area contributed by atoms with Crippen LogP contribution in [0.5, 0.6) is 0 Å². The highest BCUT2D eigenvalue weighted by atomic mass is 35.5. The van der Waals surface area contributed by atoms with Crippen LogP contribution in [0.25, 0.3) is 0 Å². The fourth-order valence-electron chi connectivity index (χ4n) is 1.84. The third-order valence-corrected chi connectivity index (χ3v) is 3.23. The highest BCUT2D eigenvalue weighted by Gasteiger charge is 2.09. The van der Waals surface area contributed by atoms with Crippen molar-refractivity contribution in [3.63, 3.8) is 0 Å². The maximum absolute atomic E-state index is 13.7. The highest BCUT2D eigenvalue weighted by Crippen LogP contribution is 2.22. The van der Waals surface area contributed by atoms with Crippen molar-refractivity contribution in [2.45, 2.75) is 6.54 Å². The van der Waals surface area contributed by atoms with Crippen LogP contribution < -0.4 is 16.6 Å². The maximum Gasteiger partial charge on any atom is 0.330 e. The molecule has 0 spiro atoms. The van der Waals surface area contributed by atoms with Gasteiger partial charge in [-0.15, -0.1) is 0 Å². The second-order valence-corrected chi connectivity index (χ2v) is 4.77. The van der Waals surface area contributed by atoms with E-state index in [0.717, 1.165) is 4.57 Å².